The second kappa shape index (κ2) is 8.97. The van der Waals surface area contributed by atoms with Crippen molar-refractivity contribution in [2.24, 2.45) is 0 Å². The van der Waals surface area contributed by atoms with Gasteiger partial charge < -0.3 is 14.8 Å². The first-order valence-electron chi connectivity index (χ1n) is 5.09. The third-order valence-electron chi connectivity index (χ3n) is 1.85. The molecule has 0 rings (SSSR count). The Balaban J connectivity index is 3.17. The number of hydrogen-bond donors (Lipinski definition) is 1. The Kier molecular flexibility index (Phi) is 8.57. The molecule has 0 aromatic carbocycles. The van der Waals surface area contributed by atoms with Crippen LogP contribution in [0.1, 0.15) is 26.7 Å². The van der Waals surface area contributed by atoms with Gasteiger partial charge in [-0.25, -0.2) is 0 Å². The van der Waals surface area contributed by atoms with Crippen LogP contribution in [0.4, 0.5) is 0 Å². The zero-order valence-corrected chi connectivity index (χ0v) is 9.34. The van der Waals surface area contributed by atoms with Gasteiger partial charge in [0.05, 0.1) is 13.2 Å². The van der Waals surface area contributed by atoms with Gasteiger partial charge in [-0.15, -0.1) is 0 Å². The Morgan fingerprint density at radius 1 is 1.50 bits per heavy atom. The summed E-state index contributed by atoms with van der Waals surface area (Å²) in [6.45, 7) is 6.40. The minimum Gasteiger partial charge on any atom is -0.469 e. The predicted molar refractivity (Wildman–Crippen MR) is 55.2 cm³/mol. The van der Waals surface area contributed by atoms with E-state index in [1.807, 2.05) is 13.8 Å². The van der Waals surface area contributed by atoms with Gasteiger partial charge >= 0.3 is 5.97 Å². The van der Waals surface area contributed by atoms with Gasteiger partial charge in [0.1, 0.15) is 0 Å². The number of nitrogens with one attached hydrogen (secondary N) is 1. The quantitative estimate of drug-likeness (QED) is 0.471. The van der Waals surface area contributed by atoms with Crippen LogP contribution in [0, 0.1) is 0 Å². The summed E-state index contributed by atoms with van der Waals surface area (Å²) in [5.74, 6) is -0.148. The predicted octanol–water partition coefficient (Wildman–Crippen LogP) is 0.954. The van der Waals surface area contributed by atoms with Crippen LogP contribution in [0.25, 0.3) is 0 Å². The highest BCUT2D eigenvalue weighted by Crippen LogP contribution is 1.91. The lowest BCUT2D eigenvalue weighted by molar-refractivity contribution is -0.140. The summed E-state index contributed by atoms with van der Waals surface area (Å²) in [6, 6.07) is 0. The molecular formula is C10H21NO3. The highest BCUT2D eigenvalue weighted by molar-refractivity contribution is 5.68. The first-order valence-corrected chi connectivity index (χ1v) is 5.09. The Morgan fingerprint density at radius 2 is 2.21 bits per heavy atom. The summed E-state index contributed by atoms with van der Waals surface area (Å²) in [4.78, 5) is 10.7. The third kappa shape index (κ3) is 8.01. The number of carbonyl (C=O) groups is 1. The maximum absolute atomic E-state index is 10.7. The minimum absolute atomic E-state index is 0.148. The monoisotopic (exact) mass is 203 g/mol. The lowest BCUT2D eigenvalue weighted by Gasteiger charge is -2.11. The number of hydrogen-bond acceptors (Lipinski definition) is 4. The molecule has 0 saturated carbocycles. The summed E-state index contributed by atoms with van der Waals surface area (Å²) >= 11 is 0. The molecule has 0 spiro atoms. The van der Waals surface area contributed by atoms with Gasteiger partial charge in [-0.05, 0) is 26.8 Å². The van der Waals surface area contributed by atoms with Crippen LogP contribution < -0.4 is 5.32 Å². The van der Waals surface area contributed by atoms with Crippen molar-refractivity contribution in [2.75, 3.05) is 26.8 Å². The molecule has 0 fully saturated rings. The molecule has 0 aliphatic carbocycles. The zero-order valence-electron chi connectivity index (χ0n) is 9.34. The molecule has 0 aromatic rings. The smallest absolute Gasteiger partial charge is 0.305 e. The van der Waals surface area contributed by atoms with Crippen LogP contribution >= 0.6 is 0 Å². The fourth-order valence-electron chi connectivity index (χ4n) is 1.11. The Labute approximate surface area is 86.0 Å². The molecular weight excluding hydrogens is 182 g/mol. The molecule has 84 valence electrons. The van der Waals surface area contributed by atoms with E-state index in [1.54, 1.807) is 0 Å². The van der Waals surface area contributed by atoms with Crippen molar-refractivity contribution in [2.45, 2.75) is 32.8 Å². The van der Waals surface area contributed by atoms with Crippen molar-refractivity contribution >= 4 is 5.97 Å². The first kappa shape index (κ1) is 13.4. The molecule has 0 heterocycles. The Morgan fingerprint density at radius 3 is 2.79 bits per heavy atom. The van der Waals surface area contributed by atoms with Crippen LogP contribution in [0.3, 0.4) is 0 Å². The number of ether oxygens (including phenoxy) is 2. The standard InChI is InChI=1S/C10H21NO3/c1-4-14-9(2)8-11-7-5-6-10(12)13-3/h9,11H,4-8H2,1-3H3. The normalized spacial score (nSPS) is 12.5. The fraction of sp³-hybridized carbons (Fsp3) is 0.900. The molecule has 0 bridgehead atoms. The van der Waals surface area contributed by atoms with Crippen molar-refractivity contribution in [1.82, 2.24) is 5.32 Å². The van der Waals surface area contributed by atoms with Gasteiger partial charge in [-0.1, -0.05) is 0 Å². The summed E-state index contributed by atoms with van der Waals surface area (Å²) in [6.07, 6.45) is 1.52. The summed E-state index contributed by atoms with van der Waals surface area (Å²) < 4.78 is 9.86. The number of rotatable bonds is 8. The summed E-state index contributed by atoms with van der Waals surface area (Å²) in [7, 11) is 1.41. The molecule has 4 nitrogen and oxygen atoms in total. The molecule has 0 saturated heterocycles. The van der Waals surface area contributed by atoms with Gasteiger partial charge in [0, 0.05) is 19.6 Å². The number of carbonyl (C=O) groups excluding carboxylic acids is 1. The number of esters is 1. The van der Waals surface area contributed by atoms with E-state index in [-0.39, 0.29) is 12.1 Å². The lowest BCUT2D eigenvalue weighted by atomic mass is 10.3. The molecule has 1 N–H and O–H groups in total. The van der Waals surface area contributed by atoms with Crippen molar-refractivity contribution < 1.29 is 14.3 Å². The van der Waals surface area contributed by atoms with Crippen molar-refractivity contribution in [3.05, 3.63) is 0 Å². The van der Waals surface area contributed by atoms with E-state index in [0.717, 1.165) is 26.1 Å². The van der Waals surface area contributed by atoms with Crippen molar-refractivity contribution in [1.29, 1.82) is 0 Å². The fourth-order valence-corrected chi connectivity index (χ4v) is 1.11. The van der Waals surface area contributed by atoms with E-state index in [1.165, 1.54) is 7.11 Å². The van der Waals surface area contributed by atoms with E-state index < -0.39 is 0 Å². The molecule has 0 radical (unpaired) electrons. The SMILES string of the molecule is CCOC(C)CNCCCC(=O)OC. The van der Waals surface area contributed by atoms with E-state index >= 15 is 0 Å². The van der Waals surface area contributed by atoms with Gasteiger partial charge in [0.2, 0.25) is 0 Å². The highest BCUT2D eigenvalue weighted by Gasteiger charge is 2.01. The van der Waals surface area contributed by atoms with Crippen LogP contribution in [0.15, 0.2) is 0 Å². The highest BCUT2D eigenvalue weighted by atomic mass is 16.5. The average Bonchev–Trinajstić information content (AvgIpc) is 2.17. The Hall–Kier alpha value is -0.610. The molecule has 0 aliphatic rings. The first-order chi connectivity index (χ1) is 6.70. The summed E-state index contributed by atoms with van der Waals surface area (Å²) in [5, 5.41) is 3.22. The summed E-state index contributed by atoms with van der Waals surface area (Å²) in [5.41, 5.74) is 0. The molecule has 4 heteroatoms. The van der Waals surface area contributed by atoms with Crippen LogP contribution in [0.5, 0.6) is 0 Å². The van der Waals surface area contributed by atoms with E-state index in [0.29, 0.717) is 6.42 Å². The zero-order chi connectivity index (χ0) is 10.8. The number of methoxy groups -OCH3 is 1. The molecule has 14 heavy (non-hydrogen) atoms. The molecule has 1 unspecified atom stereocenters. The Bertz CT molecular complexity index is 150. The van der Waals surface area contributed by atoms with Crippen molar-refractivity contribution in [3.63, 3.8) is 0 Å². The second-order valence-electron chi connectivity index (χ2n) is 3.15. The second-order valence-corrected chi connectivity index (χ2v) is 3.15. The van der Waals surface area contributed by atoms with Crippen LogP contribution in [0.2, 0.25) is 0 Å². The van der Waals surface area contributed by atoms with Crippen LogP contribution in [-0.2, 0) is 14.3 Å². The maximum Gasteiger partial charge on any atom is 0.305 e. The maximum atomic E-state index is 10.7. The van der Waals surface area contributed by atoms with E-state index in [2.05, 4.69) is 10.1 Å². The molecule has 0 amide bonds. The van der Waals surface area contributed by atoms with Crippen LogP contribution in [-0.4, -0.2) is 38.9 Å². The van der Waals surface area contributed by atoms with Crippen molar-refractivity contribution in [3.8, 4) is 0 Å². The topological polar surface area (TPSA) is 47.6 Å². The molecule has 1 atom stereocenters. The third-order valence-corrected chi connectivity index (χ3v) is 1.85. The van der Waals surface area contributed by atoms with Gasteiger partial charge in [0.15, 0.2) is 0 Å². The van der Waals surface area contributed by atoms with E-state index in [9.17, 15) is 4.79 Å². The largest absolute Gasteiger partial charge is 0.469 e. The van der Waals surface area contributed by atoms with Gasteiger partial charge in [-0.2, -0.15) is 0 Å². The minimum atomic E-state index is -0.148. The van der Waals surface area contributed by atoms with E-state index in [4.69, 9.17) is 4.74 Å². The average molecular weight is 203 g/mol. The molecule has 0 aliphatic heterocycles. The van der Waals surface area contributed by atoms with Gasteiger partial charge in [0.25, 0.3) is 0 Å². The lowest BCUT2D eigenvalue weighted by Crippen LogP contribution is -2.27. The van der Waals surface area contributed by atoms with Gasteiger partial charge in [-0.3, -0.25) is 4.79 Å². The molecule has 0 aromatic heterocycles.